The summed E-state index contributed by atoms with van der Waals surface area (Å²) in [6.07, 6.45) is 3.73. The Morgan fingerprint density at radius 1 is 1.15 bits per heavy atom. The maximum Gasteiger partial charge on any atom is 0.122 e. The minimum Gasteiger partial charge on any atom is -0.497 e. The Kier molecular flexibility index (Phi) is 3.59. The minimum absolute atomic E-state index is 0.719. The number of aryl methyl sites for hydroxylation is 3. The molecule has 0 atom stereocenters. The standard InChI is InChI=1S/C17H20N2O/c1-12-8-17(20-2)10-16(19-12)11-18-15-7-6-13-4-3-5-14(13)9-15/h6-10,18H,3-5,11H2,1-2H3. The summed E-state index contributed by atoms with van der Waals surface area (Å²) >= 11 is 0. The van der Waals surface area contributed by atoms with Crippen LogP contribution in [0.4, 0.5) is 5.69 Å². The molecule has 0 radical (unpaired) electrons. The zero-order valence-corrected chi connectivity index (χ0v) is 12.1. The number of methoxy groups -OCH3 is 1. The molecule has 2 aromatic rings. The minimum atomic E-state index is 0.719. The predicted octanol–water partition coefficient (Wildman–Crippen LogP) is 3.50. The lowest BCUT2D eigenvalue weighted by Gasteiger charge is -2.10. The number of nitrogens with one attached hydrogen (secondary N) is 1. The van der Waals surface area contributed by atoms with Crippen molar-refractivity contribution in [2.24, 2.45) is 0 Å². The Balaban J connectivity index is 1.71. The Morgan fingerprint density at radius 3 is 2.85 bits per heavy atom. The van der Waals surface area contributed by atoms with Crippen molar-refractivity contribution >= 4 is 5.69 Å². The fourth-order valence-electron chi connectivity index (χ4n) is 2.79. The largest absolute Gasteiger partial charge is 0.497 e. The lowest BCUT2D eigenvalue weighted by molar-refractivity contribution is 0.413. The summed E-state index contributed by atoms with van der Waals surface area (Å²) < 4.78 is 5.28. The first-order valence-electron chi connectivity index (χ1n) is 7.12. The van der Waals surface area contributed by atoms with Gasteiger partial charge in [-0.25, -0.2) is 0 Å². The molecule has 0 amide bonds. The van der Waals surface area contributed by atoms with Crippen LogP contribution in [0.3, 0.4) is 0 Å². The molecule has 3 nitrogen and oxygen atoms in total. The molecular formula is C17H20N2O. The summed E-state index contributed by atoms with van der Waals surface area (Å²) in [7, 11) is 1.69. The highest BCUT2D eigenvalue weighted by Gasteiger charge is 2.10. The second kappa shape index (κ2) is 5.53. The first-order valence-corrected chi connectivity index (χ1v) is 7.12. The summed E-state index contributed by atoms with van der Waals surface area (Å²) in [5.74, 6) is 0.864. The van der Waals surface area contributed by atoms with Crippen molar-refractivity contribution in [2.75, 3.05) is 12.4 Å². The van der Waals surface area contributed by atoms with Crippen LogP contribution >= 0.6 is 0 Å². The van der Waals surface area contributed by atoms with E-state index in [4.69, 9.17) is 4.74 Å². The summed E-state index contributed by atoms with van der Waals surface area (Å²) in [5, 5.41) is 3.45. The van der Waals surface area contributed by atoms with E-state index in [-0.39, 0.29) is 0 Å². The smallest absolute Gasteiger partial charge is 0.122 e. The molecule has 1 aliphatic rings. The van der Waals surface area contributed by atoms with Gasteiger partial charge in [-0.1, -0.05) is 6.07 Å². The highest BCUT2D eigenvalue weighted by atomic mass is 16.5. The van der Waals surface area contributed by atoms with Gasteiger partial charge in [-0.15, -0.1) is 0 Å². The molecule has 0 bridgehead atoms. The van der Waals surface area contributed by atoms with Gasteiger partial charge in [0.05, 0.1) is 19.3 Å². The molecule has 1 aliphatic carbocycles. The molecule has 1 aromatic carbocycles. The van der Waals surface area contributed by atoms with E-state index in [2.05, 4.69) is 28.5 Å². The third kappa shape index (κ3) is 2.77. The zero-order chi connectivity index (χ0) is 13.9. The molecule has 1 heterocycles. The average Bonchev–Trinajstić information content (AvgIpc) is 2.92. The normalized spacial score (nSPS) is 13.1. The molecule has 0 saturated carbocycles. The molecule has 104 valence electrons. The number of benzene rings is 1. The van der Waals surface area contributed by atoms with Crippen molar-refractivity contribution in [3.63, 3.8) is 0 Å². The number of nitrogens with zero attached hydrogens (tertiary/aromatic N) is 1. The molecule has 0 saturated heterocycles. The van der Waals surface area contributed by atoms with Crippen LogP contribution in [0.1, 0.15) is 28.9 Å². The van der Waals surface area contributed by atoms with Crippen molar-refractivity contribution in [3.05, 3.63) is 52.8 Å². The van der Waals surface area contributed by atoms with E-state index in [1.54, 1.807) is 7.11 Å². The van der Waals surface area contributed by atoms with E-state index in [0.29, 0.717) is 0 Å². The Labute approximate surface area is 120 Å². The first-order chi connectivity index (χ1) is 9.74. The van der Waals surface area contributed by atoms with Gasteiger partial charge in [0.15, 0.2) is 0 Å². The van der Waals surface area contributed by atoms with Crippen molar-refractivity contribution in [3.8, 4) is 5.75 Å². The van der Waals surface area contributed by atoms with Gasteiger partial charge in [-0.2, -0.15) is 0 Å². The number of anilines is 1. The van der Waals surface area contributed by atoms with Crippen LogP contribution in [0.15, 0.2) is 30.3 Å². The van der Waals surface area contributed by atoms with Gasteiger partial charge >= 0.3 is 0 Å². The fraction of sp³-hybridized carbons (Fsp3) is 0.353. The van der Waals surface area contributed by atoms with Gasteiger partial charge in [0.2, 0.25) is 0 Å². The lowest BCUT2D eigenvalue weighted by atomic mass is 10.1. The molecule has 0 spiro atoms. The molecule has 3 heteroatoms. The number of rotatable bonds is 4. The van der Waals surface area contributed by atoms with Crippen LogP contribution in [-0.2, 0) is 19.4 Å². The van der Waals surface area contributed by atoms with E-state index in [0.717, 1.165) is 23.7 Å². The van der Waals surface area contributed by atoms with Crippen LogP contribution in [0.5, 0.6) is 5.75 Å². The van der Waals surface area contributed by atoms with Crippen LogP contribution in [0, 0.1) is 6.92 Å². The number of fused-ring (bicyclic) bond motifs is 1. The molecule has 0 unspecified atom stereocenters. The fourth-order valence-corrected chi connectivity index (χ4v) is 2.79. The van der Waals surface area contributed by atoms with E-state index in [9.17, 15) is 0 Å². The number of hydrogen-bond donors (Lipinski definition) is 1. The Bertz CT molecular complexity index is 622. The second-order valence-corrected chi connectivity index (χ2v) is 5.33. The quantitative estimate of drug-likeness (QED) is 0.921. The van der Waals surface area contributed by atoms with E-state index >= 15 is 0 Å². The van der Waals surface area contributed by atoms with Crippen LogP contribution < -0.4 is 10.1 Å². The molecule has 0 aliphatic heterocycles. The summed E-state index contributed by atoms with van der Waals surface area (Å²) in [6, 6.07) is 10.6. The third-order valence-corrected chi connectivity index (χ3v) is 3.79. The first kappa shape index (κ1) is 13.0. The van der Waals surface area contributed by atoms with Gasteiger partial charge < -0.3 is 10.1 Å². The molecule has 0 fully saturated rings. The van der Waals surface area contributed by atoms with Crippen molar-refractivity contribution < 1.29 is 4.74 Å². The SMILES string of the molecule is COc1cc(C)nc(CNc2ccc3c(c2)CCC3)c1. The van der Waals surface area contributed by atoms with E-state index in [1.807, 2.05) is 19.1 Å². The molecular weight excluding hydrogens is 248 g/mol. The Hall–Kier alpha value is -2.03. The van der Waals surface area contributed by atoms with Crippen molar-refractivity contribution in [1.82, 2.24) is 4.98 Å². The Morgan fingerprint density at radius 2 is 2.00 bits per heavy atom. The van der Waals surface area contributed by atoms with Crippen LogP contribution in [-0.4, -0.2) is 12.1 Å². The molecule has 1 aromatic heterocycles. The van der Waals surface area contributed by atoms with Crippen molar-refractivity contribution in [2.45, 2.75) is 32.7 Å². The van der Waals surface area contributed by atoms with Gasteiger partial charge in [0.25, 0.3) is 0 Å². The summed E-state index contributed by atoms with van der Waals surface area (Å²) in [6.45, 7) is 2.71. The second-order valence-electron chi connectivity index (χ2n) is 5.33. The molecule has 3 rings (SSSR count). The topological polar surface area (TPSA) is 34.1 Å². The summed E-state index contributed by atoms with van der Waals surface area (Å²) in [4.78, 5) is 4.53. The highest BCUT2D eigenvalue weighted by Crippen LogP contribution is 2.25. The average molecular weight is 268 g/mol. The number of aromatic nitrogens is 1. The zero-order valence-electron chi connectivity index (χ0n) is 12.1. The van der Waals surface area contributed by atoms with E-state index < -0.39 is 0 Å². The van der Waals surface area contributed by atoms with Crippen molar-refractivity contribution in [1.29, 1.82) is 0 Å². The molecule has 20 heavy (non-hydrogen) atoms. The van der Waals surface area contributed by atoms with Gasteiger partial charge in [-0.3, -0.25) is 4.98 Å². The molecule has 1 N–H and O–H groups in total. The predicted molar refractivity (Wildman–Crippen MR) is 81.3 cm³/mol. The highest BCUT2D eigenvalue weighted by molar-refractivity contribution is 5.50. The lowest BCUT2D eigenvalue weighted by Crippen LogP contribution is -2.03. The third-order valence-electron chi connectivity index (χ3n) is 3.79. The van der Waals surface area contributed by atoms with Crippen LogP contribution in [0.2, 0.25) is 0 Å². The van der Waals surface area contributed by atoms with Gasteiger partial charge in [-0.05, 0) is 49.4 Å². The number of hydrogen-bond acceptors (Lipinski definition) is 3. The van der Waals surface area contributed by atoms with Gasteiger partial charge in [0.1, 0.15) is 5.75 Å². The monoisotopic (exact) mass is 268 g/mol. The maximum absolute atomic E-state index is 5.28. The van der Waals surface area contributed by atoms with E-state index in [1.165, 1.54) is 36.1 Å². The summed E-state index contributed by atoms with van der Waals surface area (Å²) in [5.41, 5.74) is 6.15. The van der Waals surface area contributed by atoms with Gasteiger partial charge in [0, 0.05) is 23.5 Å². The number of ether oxygens (including phenoxy) is 1. The van der Waals surface area contributed by atoms with Crippen LogP contribution in [0.25, 0.3) is 0 Å². The number of pyridine rings is 1. The maximum atomic E-state index is 5.28.